The lowest BCUT2D eigenvalue weighted by atomic mass is 9.82. The first-order chi connectivity index (χ1) is 15.7. The van der Waals surface area contributed by atoms with Crippen molar-refractivity contribution in [3.63, 3.8) is 0 Å². The number of aryl methyl sites for hydroxylation is 2. The maximum Gasteiger partial charge on any atom is 0.302 e. The van der Waals surface area contributed by atoms with Crippen LogP contribution in [0.4, 0.5) is 0 Å². The molecule has 0 amide bonds. The second kappa shape index (κ2) is 10.0. The summed E-state index contributed by atoms with van der Waals surface area (Å²) in [4.78, 5) is 11.3. The molecule has 180 valence electrons. The maximum absolute atomic E-state index is 11.3. The fraction of sp³-hybridized carbons (Fsp3) is 0.519. The van der Waals surface area contributed by atoms with Gasteiger partial charge in [-0.25, -0.2) is 0 Å². The van der Waals surface area contributed by atoms with Gasteiger partial charge in [0.25, 0.3) is 0 Å². The second-order valence-corrected chi connectivity index (χ2v) is 9.27. The summed E-state index contributed by atoms with van der Waals surface area (Å²) in [5.74, 6) is 2.22. The van der Waals surface area contributed by atoms with Gasteiger partial charge in [-0.05, 0) is 55.2 Å². The lowest BCUT2D eigenvalue weighted by molar-refractivity contribution is -0.935. The summed E-state index contributed by atoms with van der Waals surface area (Å²) in [7, 11) is 7.41. The fourth-order valence-electron chi connectivity index (χ4n) is 5.31. The van der Waals surface area contributed by atoms with Crippen LogP contribution < -0.4 is 14.2 Å². The molecular weight excluding hydrogens is 418 g/mol. The first-order valence-electron chi connectivity index (χ1n) is 11.5. The molecule has 6 heteroatoms. The lowest BCUT2D eigenvalue weighted by Gasteiger charge is -2.46. The van der Waals surface area contributed by atoms with Crippen LogP contribution in [0.5, 0.6) is 17.2 Å². The van der Waals surface area contributed by atoms with Crippen LogP contribution in [-0.2, 0) is 16.0 Å². The molecule has 2 aromatic rings. The van der Waals surface area contributed by atoms with Crippen LogP contribution in [0, 0.1) is 20.8 Å². The molecule has 2 aromatic carbocycles. The van der Waals surface area contributed by atoms with Crippen LogP contribution >= 0.6 is 0 Å². The smallest absolute Gasteiger partial charge is 0.302 e. The van der Waals surface area contributed by atoms with E-state index in [0.717, 1.165) is 53.2 Å². The van der Waals surface area contributed by atoms with Gasteiger partial charge in [-0.15, -0.1) is 0 Å². The molecule has 2 unspecified atom stereocenters. The number of esters is 1. The average molecular weight is 457 g/mol. The number of benzene rings is 2. The van der Waals surface area contributed by atoms with E-state index in [9.17, 15) is 4.79 Å². The van der Waals surface area contributed by atoms with Gasteiger partial charge in [-0.3, -0.25) is 4.79 Å². The van der Waals surface area contributed by atoms with Crippen molar-refractivity contribution in [2.75, 3.05) is 48.1 Å². The molecule has 0 saturated carbocycles. The normalized spacial score (nSPS) is 19.6. The van der Waals surface area contributed by atoms with Gasteiger partial charge < -0.3 is 23.4 Å². The predicted octanol–water partition coefficient (Wildman–Crippen LogP) is 4.68. The van der Waals surface area contributed by atoms with Gasteiger partial charge in [0.2, 0.25) is 0 Å². The highest BCUT2D eigenvalue weighted by Crippen LogP contribution is 2.48. The highest BCUT2D eigenvalue weighted by Gasteiger charge is 2.43. The van der Waals surface area contributed by atoms with Gasteiger partial charge in [0.05, 0.1) is 53.6 Å². The van der Waals surface area contributed by atoms with E-state index in [2.05, 4.69) is 46.0 Å². The van der Waals surface area contributed by atoms with Crippen LogP contribution in [0.25, 0.3) is 0 Å². The Morgan fingerprint density at radius 2 is 1.70 bits per heavy atom. The number of quaternary nitrogens is 1. The van der Waals surface area contributed by atoms with Crippen molar-refractivity contribution in [3.05, 3.63) is 51.6 Å². The largest absolute Gasteiger partial charge is 0.496 e. The molecule has 2 atom stereocenters. The molecule has 1 heterocycles. The number of likely N-dealkylation sites (N-methyl/N-ethyl adjacent to an activating group) is 1. The summed E-state index contributed by atoms with van der Waals surface area (Å²) in [5, 5.41) is 0. The predicted molar refractivity (Wildman–Crippen MR) is 129 cm³/mol. The minimum atomic E-state index is -0.235. The molecule has 1 aliphatic heterocycles. The Morgan fingerprint density at radius 1 is 1.00 bits per heavy atom. The Kier molecular flexibility index (Phi) is 7.58. The quantitative estimate of drug-likeness (QED) is 0.328. The van der Waals surface area contributed by atoms with E-state index in [-0.39, 0.29) is 12.0 Å². The van der Waals surface area contributed by atoms with E-state index in [1.54, 1.807) is 21.3 Å². The van der Waals surface area contributed by atoms with Crippen LogP contribution in [0.2, 0.25) is 0 Å². The summed E-state index contributed by atoms with van der Waals surface area (Å²) >= 11 is 0. The van der Waals surface area contributed by atoms with Crippen molar-refractivity contribution in [1.82, 2.24) is 0 Å². The Hall–Kier alpha value is -2.73. The van der Waals surface area contributed by atoms with Gasteiger partial charge in [0, 0.05) is 25.3 Å². The maximum atomic E-state index is 11.3. The molecule has 33 heavy (non-hydrogen) atoms. The molecule has 0 aliphatic carbocycles. The summed E-state index contributed by atoms with van der Waals surface area (Å²) in [6.07, 6.45) is 1.76. The average Bonchev–Trinajstić information content (AvgIpc) is 2.77. The number of hydrogen-bond donors (Lipinski definition) is 0. The molecular formula is C27H38NO5+. The Morgan fingerprint density at radius 3 is 2.30 bits per heavy atom. The van der Waals surface area contributed by atoms with E-state index in [4.69, 9.17) is 18.9 Å². The third-order valence-electron chi connectivity index (χ3n) is 7.03. The molecule has 0 spiro atoms. The van der Waals surface area contributed by atoms with Gasteiger partial charge >= 0.3 is 5.97 Å². The van der Waals surface area contributed by atoms with Crippen molar-refractivity contribution in [2.45, 2.75) is 46.6 Å². The van der Waals surface area contributed by atoms with Gasteiger partial charge in [-0.1, -0.05) is 6.07 Å². The number of carbonyl (C=O) groups excluding carboxylic acids is 1. The van der Waals surface area contributed by atoms with Crippen molar-refractivity contribution in [2.24, 2.45) is 0 Å². The number of rotatable bonds is 8. The van der Waals surface area contributed by atoms with E-state index < -0.39 is 0 Å². The van der Waals surface area contributed by atoms with E-state index in [1.165, 1.54) is 34.7 Å². The van der Waals surface area contributed by atoms with E-state index in [1.807, 2.05) is 0 Å². The number of methoxy groups -OCH3 is 3. The van der Waals surface area contributed by atoms with E-state index >= 15 is 0 Å². The number of nitrogens with zero attached hydrogens (tertiary/aromatic N) is 1. The molecule has 0 N–H and O–H groups in total. The van der Waals surface area contributed by atoms with Crippen molar-refractivity contribution < 1.29 is 28.2 Å². The SMILES string of the molecule is COc1cc(C2c3c(cc(C)c(C)c3OC)CC[N+]2(C)CCCOC(C)=O)cc(C)c1OC. The summed E-state index contributed by atoms with van der Waals surface area (Å²) < 4.78 is 23.4. The fourth-order valence-corrected chi connectivity index (χ4v) is 5.31. The third-order valence-corrected chi connectivity index (χ3v) is 7.03. The molecule has 0 aromatic heterocycles. The monoisotopic (exact) mass is 456 g/mol. The Bertz CT molecular complexity index is 1030. The van der Waals surface area contributed by atoms with Crippen LogP contribution in [-0.4, -0.2) is 58.5 Å². The molecule has 0 saturated heterocycles. The second-order valence-electron chi connectivity index (χ2n) is 9.27. The molecule has 1 aliphatic rings. The number of carbonyl (C=O) groups is 1. The van der Waals surface area contributed by atoms with E-state index in [0.29, 0.717) is 6.61 Å². The van der Waals surface area contributed by atoms with Crippen molar-refractivity contribution >= 4 is 5.97 Å². The zero-order valence-electron chi connectivity index (χ0n) is 21.3. The highest BCUT2D eigenvalue weighted by atomic mass is 16.5. The standard InChI is InChI=1S/C27H38NO5/c1-17-14-21-10-12-28(5,11-9-13-33-20(4)29)25(24(21)27(32-8)19(17)3)22-15-18(2)26(31-7)23(16-22)30-6/h14-16,25H,9-13H2,1-8H3/q+1. The van der Waals surface area contributed by atoms with Crippen LogP contribution in [0.3, 0.4) is 0 Å². The zero-order valence-corrected chi connectivity index (χ0v) is 21.3. The minimum absolute atomic E-state index is 0.0545. The molecule has 0 radical (unpaired) electrons. The lowest BCUT2D eigenvalue weighted by Crippen LogP contribution is -2.52. The first-order valence-corrected chi connectivity index (χ1v) is 11.5. The van der Waals surface area contributed by atoms with Crippen molar-refractivity contribution in [3.8, 4) is 17.2 Å². The summed E-state index contributed by atoms with van der Waals surface area (Å²) in [6.45, 7) is 10.1. The molecule has 6 nitrogen and oxygen atoms in total. The Balaban J connectivity index is 2.19. The zero-order chi connectivity index (χ0) is 24.3. The topological polar surface area (TPSA) is 54.0 Å². The number of hydrogen-bond acceptors (Lipinski definition) is 5. The van der Waals surface area contributed by atoms with Crippen LogP contribution in [0.1, 0.15) is 52.8 Å². The summed E-state index contributed by atoms with van der Waals surface area (Å²) in [5.41, 5.74) is 7.21. The third kappa shape index (κ3) is 4.81. The number of ether oxygens (including phenoxy) is 4. The van der Waals surface area contributed by atoms with Gasteiger partial charge in [0.1, 0.15) is 11.8 Å². The first kappa shape index (κ1) is 24.9. The molecule has 0 bridgehead atoms. The summed E-state index contributed by atoms with van der Waals surface area (Å²) in [6, 6.07) is 6.68. The highest BCUT2D eigenvalue weighted by molar-refractivity contribution is 5.65. The van der Waals surface area contributed by atoms with Crippen molar-refractivity contribution in [1.29, 1.82) is 0 Å². The van der Waals surface area contributed by atoms with Gasteiger partial charge in [0.15, 0.2) is 11.5 Å². The van der Waals surface area contributed by atoms with Gasteiger partial charge in [-0.2, -0.15) is 0 Å². The minimum Gasteiger partial charge on any atom is -0.496 e. The Labute approximate surface area is 198 Å². The number of fused-ring (bicyclic) bond motifs is 1. The molecule has 3 rings (SSSR count). The molecule has 0 fully saturated rings. The van der Waals surface area contributed by atoms with Crippen LogP contribution in [0.15, 0.2) is 18.2 Å².